The van der Waals surface area contributed by atoms with Gasteiger partial charge < -0.3 is 26.0 Å². The maximum atomic E-state index is 14.6. The van der Waals surface area contributed by atoms with Crippen LogP contribution in [-0.2, 0) is 4.79 Å². The lowest BCUT2D eigenvalue weighted by molar-refractivity contribution is -0.148. The number of hydrogen-bond donors (Lipinski definition) is 4. The first kappa shape index (κ1) is 28.3. The number of ether oxygens (including phenoxy) is 1. The molecule has 0 spiro atoms. The van der Waals surface area contributed by atoms with Crippen LogP contribution in [0.15, 0.2) is 65.5 Å². The number of nitrogens with zero attached hydrogens (tertiary/aromatic N) is 2. The highest BCUT2D eigenvalue weighted by Crippen LogP contribution is 2.29. The molecule has 0 saturated carbocycles. The monoisotopic (exact) mass is 536 g/mol. The Morgan fingerprint density at radius 1 is 1.13 bits per heavy atom. The fraction of sp³-hybridized carbons (Fsp3) is 0.320. The van der Waals surface area contributed by atoms with Crippen LogP contribution in [0.3, 0.4) is 0 Å². The number of nitrogens with one attached hydrogen (secondary N) is 3. The summed E-state index contributed by atoms with van der Waals surface area (Å²) in [4.78, 5) is 29.9. The molecule has 9 nitrogen and oxygen atoms in total. The summed E-state index contributed by atoms with van der Waals surface area (Å²) < 4.78 is 60.6. The van der Waals surface area contributed by atoms with Crippen LogP contribution in [0.4, 0.5) is 33.7 Å². The zero-order valence-electron chi connectivity index (χ0n) is 20.5. The van der Waals surface area contributed by atoms with Gasteiger partial charge in [0.1, 0.15) is 11.9 Å². The van der Waals surface area contributed by atoms with Crippen molar-refractivity contribution in [2.45, 2.75) is 31.5 Å². The van der Waals surface area contributed by atoms with Crippen LogP contribution in [0, 0.1) is 5.82 Å². The summed E-state index contributed by atoms with van der Waals surface area (Å²) in [6, 6.07) is 8.44. The fourth-order valence-electron chi connectivity index (χ4n) is 3.60. The van der Waals surface area contributed by atoms with E-state index in [2.05, 4.69) is 20.9 Å². The molecule has 1 aliphatic heterocycles. The number of anilines is 2. The van der Waals surface area contributed by atoms with Crippen molar-refractivity contribution in [1.29, 1.82) is 0 Å². The Labute approximate surface area is 216 Å². The van der Waals surface area contributed by atoms with Gasteiger partial charge in [-0.05, 0) is 37.1 Å². The van der Waals surface area contributed by atoms with Gasteiger partial charge >= 0.3 is 12.2 Å². The molecule has 38 heavy (non-hydrogen) atoms. The molecule has 1 saturated heterocycles. The molecule has 1 atom stereocenters. The Bertz CT molecular complexity index is 1180. The quantitative estimate of drug-likeness (QED) is 0.174. The fourth-order valence-corrected chi connectivity index (χ4v) is 3.60. The predicted molar refractivity (Wildman–Crippen MR) is 135 cm³/mol. The first-order valence-corrected chi connectivity index (χ1v) is 11.7. The number of carbonyl (C=O) groups excluding carboxylic acids is 2. The minimum Gasteiger partial charge on any atom is -0.438 e. The van der Waals surface area contributed by atoms with Gasteiger partial charge in [-0.2, -0.15) is 13.2 Å². The Hall–Kier alpha value is -4.29. The Morgan fingerprint density at radius 3 is 2.42 bits per heavy atom. The van der Waals surface area contributed by atoms with Crippen molar-refractivity contribution in [3.8, 4) is 5.75 Å². The highest BCUT2D eigenvalue weighted by atomic mass is 19.4. The molecule has 0 aliphatic carbocycles. The Balaban J connectivity index is 1.63. The summed E-state index contributed by atoms with van der Waals surface area (Å²) in [5.41, 5.74) is 5.92. The van der Waals surface area contributed by atoms with E-state index in [1.54, 1.807) is 35.2 Å². The number of para-hydroxylation sites is 1. The Kier molecular flexibility index (Phi) is 9.52. The maximum Gasteiger partial charge on any atom is 0.409 e. The highest BCUT2D eigenvalue weighted by molar-refractivity contribution is 6.04. The van der Waals surface area contributed by atoms with E-state index in [9.17, 15) is 27.2 Å². The molecular weight excluding hydrogens is 508 g/mol. The second-order valence-corrected chi connectivity index (χ2v) is 8.38. The summed E-state index contributed by atoms with van der Waals surface area (Å²) >= 11 is 0. The van der Waals surface area contributed by atoms with Gasteiger partial charge in [0.2, 0.25) is 5.91 Å². The summed E-state index contributed by atoms with van der Waals surface area (Å²) in [6.45, 7) is 1.24. The summed E-state index contributed by atoms with van der Waals surface area (Å²) in [5, 5.41) is 7.11. The van der Waals surface area contributed by atoms with E-state index in [4.69, 9.17) is 10.5 Å². The van der Waals surface area contributed by atoms with E-state index in [0.717, 1.165) is 31.0 Å². The second kappa shape index (κ2) is 12.8. The van der Waals surface area contributed by atoms with Crippen molar-refractivity contribution in [2.24, 2.45) is 10.7 Å². The number of hydrogen-bond acceptors (Lipinski definition) is 6. The zero-order valence-corrected chi connectivity index (χ0v) is 20.5. The SMILES string of the molecule is CN=C(C=C(N)Oc1ccc(NC(CC(=O)Nc2ccccc2)C(F)(F)F)cc1F)NC(=O)N1CCCC1. The molecule has 13 heteroatoms. The average molecular weight is 537 g/mol. The van der Waals surface area contributed by atoms with Crippen molar-refractivity contribution >= 4 is 29.1 Å². The second-order valence-electron chi connectivity index (χ2n) is 8.38. The molecule has 0 radical (unpaired) electrons. The molecule has 1 fully saturated rings. The molecule has 0 bridgehead atoms. The third kappa shape index (κ3) is 8.39. The Morgan fingerprint density at radius 2 is 1.82 bits per heavy atom. The minimum absolute atomic E-state index is 0.0832. The highest BCUT2D eigenvalue weighted by Gasteiger charge is 2.41. The van der Waals surface area contributed by atoms with Crippen LogP contribution in [0.25, 0.3) is 0 Å². The summed E-state index contributed by atoms with van der Waals surface area (Å²) in [5.74, 6) is -2.46. The molecule has 5 N–H and O–H groups in total. The lowest BCUT2D eigenvalue weighted by Crippen LogP contribution is -2.41. The van der Waals surface area contributed by atoms with E-state index in [1.807, 2.05) is 0 Å². The number of carbonyl (C=O) groups is 2. The zero-order chi connectivity index (χ0) is 27.7. The summed E-state index contributed by atoms with van der Waals surface area (Å²) in [7, 11) is 1.42. The van der Waals surface area contributed by atoms with Crippen molar-refractivity contribution < 1.29 is 31.9 Å². The predicted octanol–water partition coefficient (Wildman–Crippen LogP) is 4.21. The normalized spacial score (nSPS) is 15.1. The van der Waals surface area contributed by atoms with Crippen molar-refractivity contribution in [2.75, 3.05) is 30.8 Å². The van der Waals surface area contributed by atoms with Gasteiger partial charge in [0.25, 0.3) is 0 Å². The third-order valence-corrected chi connectivity index (χ3v) is 5.49. The van der Waals surface area contributed by atoms with Crippen LogP contribution >= 0.6 is 0 Å². The molecule has 2 aromatic rings. The van der Waals surface area contributed by atoms with Gasteiger partial charge in [0.05, 0.1) is 6.42 Å². The third-order valence-electron chi connectivity index (χ3n) is 5.49. The number of rotatable bonds is 8. The van der Waals surface area contributed by atoms with Gasteiger partial charge in [-0.15, -0.1) is 0 Å². The molecule has 1 unspecified atom stereocenters. The molecular formula is C25H28F4N6O3. The molecule has 3 rings (SSSR count). The van der Waals surface area contributed by atoms with E-state index in [-0.39, 0.29) is 29.2 Å². The van der Waals surface area contributed by atoms with Crippen molar-refractivity contribution in [3.05, 3.63) is 66.3 Å². The van der Waals surface area contributed by atoms with E-state index in [1.165, 1.54) is 13.1 Å². The first-order chi connectivity index (χ1) is 18.0. The van der Waals surface area contributed by atoms with E-state index < -0.39 is 30.4 Å². The van der Waals surface area contributed by atoms with E-state index in [0.29, 0.717) is 18.8 Å². The molecule has 1 aliphatic rings. The largest absolute Gasteiger partial charge is 0.438 e. The molecule has 3 amide bonds. The maximum absolute atomic E-state index is 14.6. The number of halogens is 4. The van der Waals surface area contributed by atoms with E-state index >= 15 is 0 Å². The molecule has 204 valence electrons. The number of aliphatic imine (C=N–C) groups is 1. The van der Waals surface area contributed by atoms with Crippen LogP contribution in [-0.4, -0.2) is 55.0 Å². The van der Waals surface area contributed by atoms with Gasteiger partial charge in [-0.25, -0.2) is 9.18 Å². The lowest BCUT2D eigenvalue weighted by atomic mass is 10.1. The van der Waals surface area contributed by atoms with Gasteiger partial charge in [-0.1, -0.05) is 18.2 Å². The number of benzene rings is 2. The number of amides is 3. The standard InChI is InChI=1S/C25H28F4N6O3/c1-31-22(34-24(37)35-11-5-6-12-35)15-21(30)38-19-10-9-17(13-18(19)26)32-20(25(27,28)29)14-23(36)33-16-7-3-2-4-8-16/h2-4,7-10,13,15,20,32H,5-6,11-12,14,30H2,1H3,(H,33,36)(H,31,34,37). The first-order valence-electron chi connectivity index (χ1n) is 11.7. The molecule has 0 aromatic heterocycles. The number of alkyl halides is 3. The van der Waals surface area contributed by atoms with Crippen LogP contribution in [0.5, 0.6) is 5.75 Å². The van der Waals surface area contributed by atoms with Gasteiger partial charge in [0, 0.05) is 43.7 Å². The number of urea groups is 1. The van der Waals surface area contributed by atoms with Gasteiger partial charge in [-0.3, -0.25) is 15.1 Å². The van der Waals surface area contributed by atoms with Crippen LogP contribution < -0.4 is 26.4 Å². The van der Waals surface area contributed by atoms with Crippen molar-refractivity contribution in [1.82, 2.24) is 10.2 Å². The topological polar surface area (TPSA) is 121 Å². The minimum atomic E-state index is -4.79. The smallest absolute Gasteiger partial charge is 0.409 e. The molecule has 2 aromatic carbocycles. The van der Waals surface area contributed by atoms with Crippen molar-refractivity contribution in [3.63, 3.8) is 0 Å². The lowest BCUT2D eigenvalue weighted by Gasteiger charge is -2.22. The van der Waals surface area contributed by atoms with Crippen LogP contribution in [0.2, 0.25) is 0 Å². The van der Waals surface area contributed by atoms with Gasteiger partial charge in [0.15, 0.2) is 17.4 Å². The number of likely N-dealkylation sites (tertiary alicyclic amines) is 1. The molecule has 1 heterocycles. The number of nitrogens with two attached hydrogens (primary N) is 1. The summed E-state index contributed by atoms with van der Waals surface area (Å²) in [6.07, 6.45) is -2.73. The number of amidine groups is 1. The van der Waals surface area contributed by atoms with Crippen LogP contribution in [0.1, 0.15) is 19.3 Å². The average Bonchev–Trinajstić information content (AvgIpc) is 3.40.